The van der Waals surface area contributed by atoms with Crippen LogP contribution in [0.3, 0.4) is 0 Å². The van der Waals surface area contributed by atoms with Gasteiger partial charge in [0.1, 0.15) is 0 Å². The predicted octanol–water partition coefficient (Wildman–Crippen LogP) is 3.50. The lowest BCUT2D eigenvalue weighted by Gasteiger charge is -2.14. The van der Waals surface area contributed by atoms with Crippen LogP contribution in [0.1, 0.15) is 29.9 Å². The molecule has 0 aliphatic rings. The van der Waals surface area contributed by atoms with E-state index in [4.69, 9.17) is 9.47 Å². The Morgan fingerprint density at radius 1 is 1.33 bits per heavy atom. The highest BCUT2D eigenvalue weighted by molar-refractivity contribution is 7.13. The van der Waals surface area contributed by atoms with Crippen LogP contribution in [0.5, 0.6) is 11.5 Å². The highest BCUT2D eigenvalue weighted by Crippen LogP contribution is 2.29. The van der Waals surface area contributed by atoms with Crippen molar-refractivity contribution in [1.29, 1.82) is 0 Å². The minimum absolute atomic E-state index is 0.0388. The van der Waals surface area contributed by atoms with Crippen LogP contribution in [0.25, 0.3) is 0 Å². The number of hydrogen-bond donors (Lipinski definition) is 1. The Morgan fingerprint density at radius 3 is 2.67 bits per heavy atom. The summed E-state index contributed by atoms with van der Waals surface area (Å²) in [5.74, 6) is 0.930. The van der Waals surface area contributed by atoms with Gasteiger partial charge in [0.15, 0.2) is 16.6 Å². The van der Waals surface area contributed by atoms with E-state index in [2.05, 4.69) is 10.3 Å². The molecule has 0 fully saturated rings. The van der Waals surface area contributed by atoms with Crippen LogP contribution in [0.2, 0.25) is 0 Å². The average Bonchev–Trinajstić information content (AvgIpc) is 2.83. The zero-order valence-corrected chi connectivity index (χ0v) is 13.3. The maximum absolute atomic E-state index is 12.2. The summed E-state index contributed by atoms with van der Waals surface area (Å²) in [5, 5.41) is 5.23. The molecule has 5 nitrogen and oxygen atoms in total. The number of amides is 1. The molecule has 0 bridgehead atoms. The number of anilines is 1. The maximum Gasteiger partial charge on any atom is 0.257 e. The molecule has 1 heterocycles. The minimum atomic E-state index is -0.223. The third-order valence-corrected chi connectivity index (χ3v) is 3.50. The van der Waals surface area contributed by atoms with Gasteiger partial charge >= 0.3 is 0 Å². The second-order valence-electron chi connectivity index (χ2n) is 4.78. The van der Waals surface area contributed by atoms with Crippen LogP contribution in [-0.4, -0.2) is 24.1 Å². The summed E-state index contributed by atoms with van der Waals surface area (Å²) in [7, 11) is 1.55. The molecule has 1 aromatic carbocycles. The number of rotatable bonds is 5. The van der Waals surface area contributed by atoms with Crippen LogP contribution in [0, 0.1) is 6.92 Å². The summed E-state index contributed by atoms with van der Waals surface area (Å²) in [6.45, 7) is 5.75. The lowest BCUT2D eigenvalue weighted by atomic mass is 10.2. The molecule has 0 saturated heterocycles. The van der Waals surface area contributed by atoms with Crippen molar-refractivity contribution in [2.75, 3.05) is 12.4 Å². The minimum Gasteiger partial charge on any atom is -0.493 e. The molecule has 6 heteroatoms. The second-order valence-corrected chi connectivity index (χ2v) is 5.64. The summed E-state index contributed by atoms with van der Waals surface area (Å²) in [6.07, 6.45) is 0.0388. The Hall–Kier alpha value is -2.08. The van der Waals surface area contributed by atoms with Crippen molar-refractivity contribution in [3.8, 4) is 11.5 Å². The Bertz CT molecular complexity index is 638. The van der Waals surface area contributed by atoms with Gasteiger partial charge in [0, 0.05) is 10.9 Å². The standard InChI is InChI=1S/C15H18N2O3S/c1-9(2)20-12-6-5-11(7-13(12)19-4)14(18)17-15-16-10(3)8-21-15/h5-9H,1-4H3,(H,16,17,18). The molecule has 0 saturated carbocycles. The molecular formula is C15H18N2O3S. The fourth-order valence-corrected chi connectivity index (χ4v) is 2.42. The van der Waals surface area contributed by atoms with Gasteiger partial charge in [-0.2, -0.15) is 0 Å². The van der Waals surface area contributed by atoms with E-state index in [0.717, 1.165) is 5.69 Å². The number of ether oxygens (including phenoxy) is 2. The van der Waals surface area contributed by atoms with Gasteiger partial charge in [0.2, 0.25) is 0 Å². The molecule has 0 aliphatic carbocycles. The molecule has 0 radical (unpaired) electrons. The van der Waals surface area contributed by atoms with Gasteiger partial charge in [-0.15, -0.1) is 11.3 Å². The van der Waals surface area contributed by atoms with Crippen molar-refractivity contribution in [3.05, 3.63) is 34.8 Å². The molecule has 1 aromatic heterocycles. The largest absolute Gasteiger partial charge is 0.493 e. The van der Waals surface area contributed by atoms with Gasteiger partial charge in [0.25, 0.3) is 5.91 Å². The number of nitrogens with zero attached hydrogens (tertiary/aromatic N) is 1. The highest BCUT2D eigenvalue weighted by atomic mass is 32.1. The van der Waals surface area contributed by atoms with E-state index in [9.17, 15) is 4.79 Å². The second kappa shape index (κ2) is 6.58. The summed E-state index contributed by atoms with van der Waals surface area (Å²) in [4.78, 5) is 16.4. The molecule has 1 N–H and O–H groups in total. The summed E-state index contributed by atoms with van der Waals surface area (Å²) >= 11 is 1.40. The Morgan fingerprint density at radius 2 is 2.10 bits per heavy atom. The zero-order chi connectivity index (χ0) is 15.4. The third-order valence-electron chi connectivity index (χ3n) is 2.63. The molecule has 0 unspecified atom stereocenters. The number of hydrogen-bond acceptors (Lipinski definition) is 5. The quantitative estimate of drug-likeness (QED) is 0.918. The van der Waals surface area contributed by atoms with Gasteiger partial charge in [0.05, 0.1) is 18.9 Å². The number of methoxy groups -OCH3 is 1. The van der Waals surface area contributed by atoms with E-state index in [1.807, 2.05) is 26.2 Å². The van der Waals surface area contributed by atoms with Crippen LogP contribution < -0.4 is 14.8 Å². The molecule has 1 amide bonds. The van der Waals surface area contributed by atoms with E-state index in [1.165, 1.54) is 11.3 Å². The Labute approximate surface area is 127 Å². The van der Waals surface area contributed by atoms with E-state index in [1.54, 1.807) is 25.3 Å². The van der Waals surface area contributed by atoms with Crippen LogP contribution in [0.4, 0.5) is 5.13 Å². The van der Waals surface area contributed by atoms with Gasteiger partial charge in [-0.25, -0.2) is 4.98 Å². The number of nitrogens with one attached hydrogen (secondary N) is 1. The molecular weight excluding hydrogens is 288 g/mol. The van der Waals surface area contributed by atoms with Crippen LogP contribution in [0.15, 0.2) is 23.6 Å². The first-order chi connectivity index (χ1) is 9.99. The molecule has 2 rings (SSSR count). The molecule has 0 spiro atoms. The first kappa shape index (κ1) is 15.3. The van der Waals surface area contributed by atoms with E-state index in [0.29, 0.717) is 22.2 Å². The van der Waals surface area contributed by atoms with Gasteiger partial charge in [-0.1, -0.05) is 0 Å². The molecule has 112 valence electrons. The fourth-order valence-electron chi connectivity index (χ4n) is 1.74. The highest BCUT2D eigenvalue weighted by Gasteiger charge is 2.13. The van der Waals surface area contributed by atoms with Gasteiger partial charge in [-0.05, 0) is 39.0 Å². The summed E-state index contributed by atoms with van der Waals surface area (Å²) < 4.78 is 10.9. The van der Waals surface area contributed by atoms with Crippen molar-refractivity contribution in [2.45, 2.75) is 26.9 Å². The smallest absolute Gasteiger partial charge is 0.257 e. The average molecular weight is 306 g/mol. The summed E-state index contributed by atoms with van der Waals surface area (Å²) in [6, 6.07) is 5.10. The monoisotopic (exact) mass is 306 g/mol. The fraction of sp³-hybridized carbons (Fsp3) is 0.333. The molecule has 2 aromatic rings. The SMILES string of the molecule is COc1cc(C(=O)Nc2nc(C)cs2)ccc1OC(C)C. The van der Waals surface area contributed by atoms with Crippen LogP contribution >= 0.6 is 11.3 Å². The molecule has 21 heavy (non-hydrogen) atoms. The Kier molecular flexibility index (Phi) is 4.80. The number of benzene rings is 1. The van der Waals surface area contributed by atoms with Crippen molar-refractivity contribution in [3.63, 3.8) is 0 Å². The number of aryl methyl sites for hydroxylation is 1. The Balaban J connectivity index is 2.17. The van der Waals surface area contributed by atoms with E-state index >= 15 is 0 Å². The normalized spacial score (nSPS) is 10.5. The van der Waals surface area contributed by atoms with E-state index in [-0.39, 0.29) is 12.0 Å². The number of thiazole rings is 1. The molecule has 0 aliphatic heterocycles. The van der Waals surface area contributed by atoms with Crippen molar-refractivity contribution < 1.29 is 14.3 Å². The molecule has 0 atom stereocenters. The third kappa shape index (κ3) is 3.95. The number of carbonyl (C=O) groups is 1. The first-order valence-corrected chi connectivity index (χ1v) is 7.45. The lowest BCUT2D eigenvalue weighted by molar-refractivity contribution is 0.102. The number of aromatic nitrogens is 1. The predicted molar refractivity (Wildman–Crippen MR) is 83.6 cm³/mol. The zero-order valence-electron chi connectivity index (χ0n) is 12.5. The van der Waals surface area contributed by atoms with Crippen molar-refractivity contribution >= 4 is 22.4 Å². The topological polar surface area (TPSA) is 60.5 Å². The van der Waals surface area contributed by atoms with Gasteiger partial charge in [-0.3, -0.25) is 10.1 Å². The van der Waals surface area contributed by atoms with E-state index < -0.39 is 0 Å². The lowest BCUT2D eigenvalue weighted by Crippen LogP contribution is -2.12. The summed E-state index contributed by atoms with van der Waals surface area (Å²) in [5.41, 5.74) is 1.38. The maximum atomic E-state index is 12.2. The first-order valence-electron chi connectivity index (χ1n) is 6.57. The van der Waals surface area contributed by atoms with Crippen molar-refractivity contribution in [1.82, 2.24) is 4.98 Å². The van der Waals surface area contributed by atoms with Gasteiger partial charge < -0.3 is 9.47 Å². The van der Waals surface area contributed by atoms with Crippen molar-refractivity contribution in [2.24, 2.45) is 0 Å². The van der Waals surface area contributed by atoms with Crippen LogP contribution in [-0.2, 0) is 0 Å². The number of carbonyl (C=O) groups excluding carboxylic acids is 1.